The zero-order valence-corrected chi connectivity index (χ0v) is 14.7. The summed E-state index contributed by atoms with van der Waals surface area (Å²) >= 11 is 0. The molecule has 2 aromatic rings. The van der Waals surface area contributed by atoms with Crippen LogP contribution in [0.25, 0.3) is 0 Å². The summed E-state index contributed by atoms with van der Waals surface area (Å²) in [7, 11) is -3.87. The molecule has 0 bridgehead atoms. The van der Waals surface area contributed by atoms with Crippen LogP contribution in [-0.2, 0) is 16.4 Å². The number of nitro benzene ring substituents is 1. The van der Waals surface area contributed by atoms with E-state index in [-0.39, 0.29) is 17.1 Å². The minimum Gasteiger partial charge on any atom is -0.267 e. The molecule has 0 amide bonds. The second-order valence-corrected chi connectivity index (χ2v) is 7.26. The van der Waals surface area contributed by atoms with Crippen molar-refractivity contribution in [3.63, 3.8) is 0 Å². The van der Waals surface area contributed by atoms with Crippen LogP contribution in [0.4, 0.5) is 11.4 Å². The number of hydrogen-bond acceptors (Lipinski definition) is 4. The van der Waals surface area contributed by atoms with Gasteiger partial charge in [-0.3, -0.25) is 14.4 Å². The Hall–Kier alpha value is -2.41. The lowest BCUT2D eigenvalue weighted by molar-refractivity contribution is -0.385. The number of rotatable bonds is 6. The quantitative estimate of drug-likeness (QED) is 0.589. The van der Waals surface area contributed by atoms with E-state index in [4.69, 9.17) is 0 Å². The van der Waals surface area contributed by atoms with Crippen molar-refractivity contribution in [1.29, 1.82) is 0 Å². The van der Waals surface area contributed by atoms with Crippen molar-refractivity contribution in [3.8, 4) is 0 Å². The molecule has 0 atom stereocenters. The predicted octanol–water partition coefficient (Wildman–Crippen LogP) is 3.68. The van der Waals surface area contributed by atoms with E-state index in [1.807, 2.05) is 19.1 Å². The van der Waals surface area contributed by atoms with Gasteiger partial charge < -0.3 is 0 Å². The van der Waals surface area contributed by atoms with Crippen LogP contribution in [0, 0.1) is 17.0 Å². The van der Waals surface area contributed by atoms with Gasteiger partial charge >= 0.3 is 0 Å². The molecule has 0 saturated heterocycles. The third kappa shape index (κ3) is 3.41. The first-order chi connectivity index (χ1) is 11.3. The molecular formula is C17H20N2O4S. The van der Waals surface area contributed by atoms with E-state index < -0.39 is 14.9 Å². The van der Waals surface area contributed by atoms with Crippen molar-refractivity contribution >= 4 is 21.4 Å². The SMILES string of the molecule is CCc1ccc(N(CC)S(=O)(=O)c2ccc(C)c([N+](=O)[O-])c2)cc1. The van der Waals surface area contributed by atoms with E-state index in [1.54, 1.807) is 26.0 Å². The van der Waals surface area contributed by atoms with Crippen LogP contribution in [0.2, 0.25) is 0 Å². The second kappa shape index (κ2) is 7.00. The highest BCUT2D eigenvalue weighted by Gasteiger charge is 2.26. The van der Waals surface area contributed by atoms with Crippen molar-refractivity contribution in [2.75, 3.05) is 10.8 Å². The van der Waals surface area contributed by atoms with E-state index in [9.17, 15) is 18.5 Å². The Kier molecular flexibility index (Phi) is 5.23. The maximum atomic E-state index is 12.9. The highest BCUT2D eigenvalue weighted by atomic mass is 32.2. The van der Waals surface area contributed by atoms with Gasteiger partial charge in [-0.1, -0.05) is 25.1 Å². The minimum absolute atomic E-state index is 0.0822. The summed E-state index contributed by atoms with van der Waals surface area (Å²) in [4.78, 5) is 10.4. The Morgan fingerprint density at radius 1 is 1.08 bits per heavy atom. The van der Waals surface area contributed by atoms with Gasteiger partial charge in [0.2, 0.25) is 0 Å². The number of sulfonamides is 1. The number of aryl methyl sites for hydroxylation is 2. The van der Waals surface area contributed by atoms with Gasteiger partial charge in [0, 0.05) is 18.2 Å². The highest BCUT2D eigenvalue weighted by Crippen LogP contribution is 2.28. The van der Waals surface area contributed by atoms with E-state index in [0.717, 1.165) is 18.1 Å². The molecule has 0 aromatic heterocycles. The summed E-state index contributed by atoms with van der Waals surface area (Å²) in [5.74, 6) is 0. The van der Waals surface area contributed by atoms with E-state index >= 15 is 0 Å². The lowest BCUT2D eigenvalue weighted by Crippen LogP contribution is -2.30. The number of nitrogens with zero attached hydrogens (tertiary/aromatic N) is 2. The summed E-state index contributed by atoms with van der Waals surface area (Å²) in [6.45, 7) is 5.56. The molecule has 2 rings (SSSR count). The smallest absolute Gasteiger partial charge is 0.267 e. The van der Waals surface area contributed by atoms with Crippen LogP contribution >= 0.6 is 0 Å². The molecule has 0 N–H and O–H groups in total. The van der Waals surface area contributed by atoms with Gasteiger partial charge in [0.15, 0.2) is 0 Å². The maximum absolute atomic E-state index is 12.9. The number of nitro groups is 1. The average Bonchev–Trinajstić information content (AvgIpc) is 2.55. The summed E-state index contributed by atoms with van der Waals surface area (Å²) in [6.07, 6.45) is 0.864. The van der Waals surface area contributed by atoms with Gasteiger partial charge in [-0.15, -0.1) is 0 Å². The van der Waals surface area contributed by atoms with Crippen molar-refractivity contribution in [2.24, 2.45) is 0 Å². The van der Waals surface area contributed by atoms with E-state index in [1.165, 1.54) is 16.4 Å². The molecule has 0 aliphatic carbocycles. The first kappa shape index (κ1) is 17.9. The monoisotopic (exact) mass is 348 g/mol. The van der Waals surface area contributed by atoms with Gasteiger partial charge in [-0.2, -0.15) is 0 Å². The van der Waals surface area contributed by atoms with Crippen LogP contribution < -0.4 is 4.31 Å². The summed E-state index contributed by atoms with van der Waals surface area (Å²) in [5.41, 5.74) is 1.87. The number of hydrogen-bond donors (Lipinski definition) is 0. The standard InChI is InChI=1S/C17H20N2O4S/c1-4-14-7-9-15(10-8-14)18(5-2)24(22,23)16-11-6-13(3)17(12-16)19(20)21/h6-12H,4-5H2,1-3H3. The zero-order valence-electron chi connectivity index (χ0n) is 13.9. The van der Waals surface area contributed by atoms with Crippen LogP contribution in [-0.4, -0.2) is 19.9 Å². The van der Waals surface area contributed by atoms with Crippen LogP contribution in [0.5, 0.6) is 0 Å². The van der Waals surface area contributed by atoms with Crippen molar-refractivity contribution in [2.45, 2.75) is 32.1 Å². The summed E-state index contributed by atoms with van der Waals surface area (Å²) in [6, 6.07) is 11.2. The fourth-order valence-corrected chi connectivity index (χ4v) is 3.96. The largest absolute Gasteiger partial charge is 0.273 e. The molecule has 0 unspecified atom stereocenters. The molecule has 7 heteroatoms. The number of benzene rings is 2. The molecule has 0 radical (unpaired) electrons. The van der Waals surface area contributed by atoms with Crippen LogP contribution in [0.15, 0.2) is 47.4 Å². The molecule has 0 saturated carbocycles. The minimum atomic E-state index is -3.87. The molecule has 0 fully saturated rings. The Bertz CT molecular complexity index is 845. The molecule has 0 aliphatic heterocycles. The molecule has 0 heterocycles. The molecule has 0 spiro atoms. The fraction of sp³-hybridized carbons (Fsp3) is 0.294. The molecule has 128 valence electrons. The Morgan fingerprint density at radius 3 is 2.21 bits per heavy atom. The topological polar surface area (TPSA) is 80.5 Å². The normalized spacial score (nSPS) is 11.3. The van der Waals surface area contributed by atoms with Crippen LogP contribution in [0.1, 0.15) is 25.0 Å². The molecular weight excluding hydrogens is 328 g/mol. The van der Waals surface area contributed by atoms with Crippen molar-refractivity contribution in [3.05, 3.63) is 63.7 Å². The van der Waals surface area contributed by atoms with Gasteiger partial charge in [0.25, 0.3) is 15.7 Å². The Morgan fingerprint density at radius 2 is 1.71 bits per heavy atom. The zero-order chi connectivity index (χ0) is 17.9. The average molecular weight is 348 g/mol. The second-order valence-electron chi connectivity index (χ2n) is 5.40. The molecule has 24 heavy (non-hydrogen) atoms. The van der Waals surface area contributed by atoms with E-state index in [0.29, 0.717) is 11.3 Å². The Labute approximate surface area is 141 Å². The summed E-state index contributed by atoms with van der Waals surface area (Å²) < 4.78 is 27.1. The maximum Gasteiger partial charge on any atom is 0.273 e. The van der Waals surface area contributed by atoms with E-state index in [2.05, 4.69) is 0 Å². The predicted molar refractivity (Wildman–Crippen MR) is 93.9 cm³/mol. The third-order valence-corrected chi connectivity index (χ3v) is 5.78. The lowest BCUT2D eigenvalue weighted by Gasteiger charge is -2.23. The highest BCUT2D eigenvalue weighted by molar-refractivity contribution is 7.92. The third-order valence-electron chi connectivity index (χ3n) is 3.89. The van der Waals surface area contributed by atoms with Gasteiger partial charge in [0.05, 0.1) is 15.5 Å². The van der Waals surface area contributed by atoms with Gasteiger partial charge in [-0.25, -0.2) is 8.42 Å². The number of anilines is 1. The van der Waals surface area contributed by atoms with Crippen LogP contribution in [0.3, 0.4) is 0 Å². The molecule has 0 aliphatic rings. The van der Waals surface area contributed by atoms with Crippen molar-refractivity contribution < 1.29 is 13.3 Å². The lowest BCUT2D eigenvalue weighted by atomic mass is 10.1. The summed E-state index contributed by atoms with van der Waals surface area (Å²) in [5, 5.41) is 11.1. The molecule has 2 aromatic carbocycles. The first-order valence-corrected chi connectivity index (χ1v) is 9.12. The fourth-order valence-electron chi connectivity index (χ4n) is 2.46. The molecule has 6 nitrogen and oxygen atoms in total. The Balaban J connectivity index is 2.50. The van der Waals surface area contributed by atoms with Gasteiger partial charge in [-0.05, 0) is 44.0 Å². The van der Waals surface area contributed by atoms with Crippen molar-refractivity contribution in [1.82, 2.24) is 0 Å². The first-order valence-electron chi connectivity index (χ1n) is 7.68. The van der Waals surface area contributed by atoms with Gasteiger partial charge in [0.1, 0.15) is 0 Å².